The first-order valence-corrected chi connectivity index (χ1v) is 5.58. The monoisotopic (exact) mass is 202 g/mol. The van der Waals surface area contributed by atoms with Crippen molar-refractivity contribution < 1.29 is 9.76 Å². The molecule has 0 atom stereocenters. The van der Waals surface area contributed by atoms with E-state index < -0.39 is 5.60 Å². The van der Waals surface area contributed by atoms with Gasteiger partial charge in [-0.15, -0.1) is 0 Å². The highest BCUT2D eigenvalue weighted by Gasteiger charge is 2.10. The third-order valence-corrected chi connectivity index (χ3v) is 1.38. The van der Waals surface area contributed by atoms with Crippen molar-refractivity contribution in [3.63, 3.8) is 0 Å². The molecule has 0 saturated carbocycles. The number of rotatable bonds is 4. The van der Waals surface area contributed by atoms with E-state index >= 15 is 0 Å². The van der Waals surface area contributed by atoms with Crippen LogP contribution < -0.4 is 0 Å². The first-order chi connectivity index (χ1) is 6.20. The summed E-state index contributed by atoms with van der Waals surface area (Å²) in [5.41, 5.74) is -0.500. The van der Waals surface area contributed by atoms with Crippen LogP contribution in [0, 0.1) is 0 Å². The zero-order valence-corrected chi connectivity index (χ0v) is 10.9. The molecule has 0 saturated heterocycles. The Balaban J connectivity index is 0. The minimum Gasteiger partial charge on any atom is -0.434 e. The van der Waals surface area contributed by atoms with Gasteiger partial charge in [-0.1, -0.05) is 26.5 Å². The van der Waals surface area contributed by atoms with E-state index in [0.29, 0.717) is 13.0 Å². The lowest BCUT2D eigenvalue weighted by Crippen LogP contribution is -2.19. The summed E-state index contributed by atoms with van der Waals surface area (Å²) in [5, 5.41) is 8.52. The van der Waals surface area contributed by atoms with E-state index in [1.165, 1.54) is 0 Å². The van der Waals surface area contributed by atoms with Gasteiger partial charge in [0.2, 0.25) is 0 Å². The summed E-state index contributed by atoms with van der Waals surface area (Å²) in [5.74, 6) is 0. The zero-order chi connectivity index (χ0) is 11.8. The van der Waals surface area contributed by atoms with Crippen LogP contribution in [0.15, 0.2) is 0 Å². The maximum atomic E-state index is 8.52. The van der Waals surface area contributed by atoms with Crippen molar-refractivity contribution in [3.05, 3.63) is 0 Å². The normalized spacial score (nSPS) is 10.9. The molecule has 1 N–H and O–H groups in total. The van der Waals surface area contributed by atoms with Gasteiger partial charge in [0.05, 0.1) is 5.60 Å². The fourth-order valence-corrected chi connectivity index (χ4v) is 0.866. The predicted molar refractivity (Wildman–Crippen MR) is 64.9 cm³/mol. The van der Waals surface area contributed by atoms with Crippen LogP contribution in [0.3, 0.4) is 0 Å². The van der Waals surface area contributed by atoms with Crippen LogP contribution in [-0.2, 0) is 4.65 Å². The Kier molecular flexibility index (Phi) is 9.74. The summed E-state index contributed by atoms with van der Waals surface area (Å²) in [6.45, 7) is 14.2. The number of hydrogen-bond donors (Lipinski definition) is 1. The lowest BCUT2D eigenvalue weighted by atomic mass is 9.62. The molecule has 2 nitrogen and oxygen atoms in total. The largest absolute Gasteiger partial charge is 0.434 e. The van der Waals surface area contributed by atoms with Crippen LogP contribution in [-0.4, -0.2) is 23.7 Å². The van der Waals surface area contributed by atoms with Crippen LogP contribution in [0.1, 0.15) is 48.5 Å². The molecule has 0 aliphatic carbocycles. The van der Waals surface area contributed by atoms with Crippen LogP contribution in [0.2, 0.25) is 12.6 Å². The second-order valence-electron chi connectivity index (χ2n) is 4.79. The van der Waals surface area contributed by atoms with Gasteiger partial charge in [0.1, 0.15) is 0 Å². The molecule has 0 aliphatic heterocycles. The van der Waals surface area contributed by atoms with Crippen molar-refractivity contribution >= 4 is 6.92 Å². The summed E-state index contributed by atoms with van der Waals surface area (Å²) in [7, 11) is 0. The minimum atomic E-state index is -0.500. The van der Waals surface area contributed by atoms with Crippen molar-refractivity contribution in [3.8, 4) is 0 Å². The average Bonchev–Trinajstić information content (AvgIpc) is 1.96. The molecule has 0 aromatic rings. The Morgan fingerprint density at radius 3 is 1.50 bits per heavy atom. The Labute approximate surface area is 90.2 Å². The summed E-state index contributed by atoms with van der Waals surface area (Å²) < 4.78 is 5.55. The molecular weight excluding hydrogens is 175 g/mol. The Bertz CT molecular complexity index is 109. The molecule has 3 heteroatoms. The summed E-state index contributed by atoms with van der Waals surface area (Å²) in [6.07, 6.45) is 2.65. The molecule has 0 rings (SSSR count). The second-order valence-corrected chi connectivity index (χ2v) is 4.79. The molecule has 0 unspecified atom stereocenters. The van der Waals surface area contributed by atoms with E-state index in [2.05, 4.69) is 27.7 Å². The standard InChI is InChI=1S/C7H17BO.C4H10O/c1-5-8(6-2)9-7(3)4;1-4(2,3)5/h7H,5-6H2,1-4H3;5H,1-3H3. The van der Waals surface area contributed by atoms with Crippen molar-refractivity contribution in [2.24, 2.45) is 0 Å². The van der Waals surface area contributed by atoms with Crippen LogP contribution in [0.5, 0.6) is 0 Å². The van der Waals surface area contributed by atoms with Gasteiger partial charge in [-0.2, -0.15) is 0 Å². The van der Waals surface area contributed by atoms with Crippen LogP contribution >= 0.6 is 0 Å². The van der Waals surface area contributed by atoms with Crippen molar-refractivity contribution in [2.45, 2.75) is 72.8 Å². The van der Waals surface area contributed by atoms with Crippen molar-refractivity contribution in [1.82, 2.24) is 0 Å². The third-order valence-electron chi connectivity index (χ3n) is 1.38. The Morgan fingerprint density at radius 2 is 1.43 bits per heavy atom. The van der Waals surface area contributed by atoms with Gasteiger partial charge in [-0.05, 0) is 34.6 Å². The third kappa shape index (κ3) is 22.7. The fourth-order valence-electron chi connectivity index (χ4n) is 0.866. The number of hydrogen-bond acceptors (Lipinski definition) is 2. The maximum absolute atomic E-state index is 8.52. The van der Waals surface area contributed by atoms with Gasteiger partial charge in [0.15, 0.2) is 0 Å². The van der Waals surface area contributed by atoms with Crippen molar-refractivity contribution in [1.29, 1.82) is 0 Å². The minimum absolute atomic E-state index is 0.384. The van der Waals surface area contributed by atoms with E-state index in [9.17, 15) is 0 Å². The van der Waals surface area contributed by atoms with E-state index in [1.807, 2.05) is 0 Å². The maximum Gasteiger partial charge on any atom is 0.292 e. The highest BCUT2D eigenvalue weighted by molar-refractivity contribution is 6.51. The van der Waals surface area contributed by atoms with Gasteiger partial charge < -0.3 is 9.76 Å². The van der Waals surface area contributed by atoms with E-state index in [1.54, 1.807) is 20.8 Å². The Morgan fingerprint density at radius 1 is 1.14 bits per heavy atom. The molecule has 14 heavy (non-hydrogen) atoms. The van der Waals surface area contributed by atoms with Crippen LogP contribution in [0.25, 0.3) is 0 Å². The molecule has 0 aliphatic rings. The topological polar surface area (TPSA) is 29.5 Å². The molecule has 0 fully saturated rings. The number of aliphatic hydroxyl groups is 1. The second kappa shape index (κ2) is 8.31. The van der Waals surface area contributed by atoms with E-state index in [0.717, 1.165) is 12.6 Å². The molecule has 0 spiro atoms. The molecule has 0 bridgehead atoms. The summed E-state index contributed by atoms with van der Waals surface area (Å²) in [4.78, 5) is 0. The van der Waals surface area contributed by atoms with E-state index in [-0.39, 0.29) is 0 Å². The first kappa shape index (κ1) is 16.4. The average molecular weight is 202 g/mol. The highest BCUT2D eigenvalue weighted by Crippen LogP contribution is 2.02. The predicted octanol–water partition coefficient (Wildman–Crippen LogP) is 3.22. The van der Waals surface area contributed by atoms with Crippen LogP contribution in [0.4, 0.5) is 0 Å². The van der Waals surface area contributed by atoms with Gasteiger partial charge >= 0.3 is 0 Å². The molecule has 0 radical (unpaired) electrons. The lowest BCUT2D eigenvalue weighted by Gasteiger charge is -2.13. The Hall–Kier alpha value is -0.0151. The quantitative estimate of drug-likeness (QED) is 0.709. The smallest absolute Gasteiger partial charge is 0.292 e. The molecule has 0 aromatic heterocycles. The van der Waals surface area contributed by atoms with E-state index in [4.69, 9.17) is 9.76 Å². The van der Waals surface area contributed by atoms with Gasteiger partial charge in [-0.25, -0.2) is 0 Å². The van der Waals surface area contributed by atoms with Crippen molar-refractivity contribution in [2.75, 3.05) is 0 Å². The van der Waals surface area contributed by atoms with Gasteiger partial charge in [0.25, 0.3) is 6.92 Å². The fraction of sp³-hybridized carbons (Fsp3) is 1.00. The molecule has 0 aromatic carbocycles. The van der Waals surface area contributed by atoms with Gasteiger partial charge in [0, 0.05) is 6.10 Å². The SMILES string of the molecule is CC(C)(C)O.CCB(CC)OC(C)C. The lowest BCUT2D eigenvalue weighted by molar-refractivity contribution is 0.102. The van der Waals surface area contributed by atoms with Gasteiger partial charge in [-0.3, -0.25) is 0 Å². The molecular formula is C11H27BO2. The zero-order valence-electron chi connectivity index (χ0n) is 10.9. The molecule has 0 heterocycles. The summed E-state index contributed by atoms with van der Waals surface area (Å²) in [6, 6.07) is 0. The first-order valence-electron chi connectivity index (χ1n) is 5.58. The highest BCUT2D eigenvalue weighted by atomic mass is 16.4. The molecule has 86 valence electrons. The summed E-state index contributed by atoms with van der Waals surface area (Å²) >= 11 is 0. The molecule has 0 amide bonds.